The number of rotatable bonds is 7. The third-order valence-corrected chi connectivity index (χ3v) is 7.43. The number of alkyl halides is 3. The summed E-state index contributed by atoms with van der Waals surface area (Å²) in [6.07, 6.45) is 1.03. The summed E-state index contributed by atoms with van der Waals surface area (Å²) in [7, 11) is 0. The number of piperidine rings is 1. The van der Waals surface area contributed by atoms with Gasteiger partial charge in [0.2, 0.25) is 0 Å². The molecule has 1 aliphatic rings. The van der Waals surface area contributed by atoms with E-state index in [1.165, 1.54) is 18.7 Å². The number of halogens is 4. The van der Waals surface area contributed by atoms with Crippen LogP contribution in [0.1, 0.15) is 43.1 Å². The highest BCUT2D eigenvalue weighted by Gasteiger charge is 2.34. The molecule has 5 nitrogen and oxygen atoms in total. The third kappa shape index (κ3) is 5.92. The molecule has 2 aromatic heterocycles. The van der Waals surface area contributed by atoms with Crippen LogP contribution in [0, 0.1) is 0 Å². The zero-order valence-corrected chi connectivity index (χ0v) is 21.9. The molecular formula is C29H29ClF3N5. The molecule has 2 aromatic carbocycles. The van der Waals surface area contributed by atoms with Crippen molar-refractivity contribution in [3.05, 3.63) is 82.8 Å². The van der Waals surface area contributed by atoms with Gasteiger partial charge in [0.15, 0.2) is 0 Å². The Kier molecular flexibility index (Phi) is 7.81. The van der Waals surface area contributed by atoms with E-state index in [1.54, 1.807) is 18.2 Å². The molecule has 0 spiro atoms. The zero-order valence-electron chi connectivity index (χ0n) is 21.1. The third-order valence-electron chi connectivity index (χ3n) is 7.06. The molecule has 0 aliphatic carbocycles. The van der Waals surface area contributed by atoms with E-state index in [2.05, 4.69) is 22.1 Å². The van der Waals surface area contributed by atoms with Crippen molar-refractivity contribution in [2.24, 2.45) is 0 Å². The highest BCUT2D eigenvalue weighted by molar-refractivity contribution is 6.31. The van der Waals surface area contributed by atoms with Crippen molar-refractivity contribution in [3.8, 4) is 11.3 Å². The van der Waals surface area contributed by atoms with Gasteiger partial charge in [0, 0.05) is 34.8 Å². The van der Waals surface area contributed by atoms with E-state index in [0.29, 0.717) is 53.3 Å². The van der Waals surface area contributed by atoms with Gasteiger partial charge in [-0.25, -0.2) is 9.97 Å². The van der Waals surface area contributed by atoms with Gasteiger partial charge in [0.05, 0.1) is 23.3 Å². The summed E-state index contributed by atoms with van der Waals surface area (Å²) in [4.78, 5) is 16.1. The van der Waals surface area contributed by atoms with Crippen LogP contribution >= 0.6 is 11.6 Å². The minimum Gasteiger partial charge on any atom is -0.369 e. The lowest BCUT2D eigenvalue weighted by atomic mass is 10.0. The van der Waals surface area contributed by atoms with Gasteiger partial charge in [-0.3, -0.25) is 9.88 Å². The van der Waals surface area contributed by atoms with Gasteiger partial charge in [-0.1, -0.05) is 42.3 Å². The molecule has 3 heterocycles. The van der Waals surface area contributed by atoms with E-state index in [0.717, 1.165) is 36.4 Å². The Hall–Kier alpha value is -3.23. The van der Waals surface area contributed by atoms with Crippen LogP contribution in [0.2, 0.25) is 5.02 Å². The second kappa shape index (κ2) is 11.3. The number of benzene rings is 2. The molecule has 1 N–H and O–H groups in total. The summed E-state index contributed by atoms with van der Waals surface area (Å²) < 4.78 is 41.1. The Morgan fingerprint density at radius 1 is 1.05 bits per heavy atom. The minimum atomic E-state index is -4.51. The van der Waals surface area contributed by atoms with Crippen LogP contribution in [0.25, 0.3) is 22.2 Å². The molecule has 1 unspecified atom stereocenters. The summed E-state index contributed by atoms with van der Waals surface area (Å²) in [5, 5.41) is 4.88. The highest BCUT2D eigenvalue weighted by Crippen LogP contribution is 2.37. The lowest BCUT2D eigenvalue weighted by Gasteiger charge is -2.32. The quantitative estimate of drug-likeness (QED) is 0.265. The summed E-state index contributed by atoms with van der Waals surface area (Å²) in [5.41, 5.74) is 1.09. The first-order valence-corrected chi connectivity index (χ1v) is 13.2. The van der Waals surface area contributed by atoms with Crippen LogP contribution in [-0.2, 0) is 19.1 Å². The van der Waals surface area contributed by atoms with Gasteiger partial charge < -0.3 is 5.32 Å². The number of anilines is 1. The monoisotopic (exact) mass is 539 g/mol. The Bertz CT molecular complexity index is 1430. The van der Waals surface area contributed by atoms with Crippen LogP contribution in [0.4, 0.5) is 19.0 Å². The molecule has 38 heavy (non-hydrogen) atoms. The second-order valence-electron chi connectivity index (χ2n) is 9.70. The van der Waals surface area contributed by atoms with E-state index in [1.807, 2.05) is 24.3 Å². The van der Waals surface area contributed by atoms with Gasteiger partial charge in [-0.05, 0) is 68.6 Å². The fourth-order valence-electron chi connectivity index (χ4n) is 4.99. The average Bonchev–Trinajstić information content (AvgIpc) is 2.90. The average molecular weight is 540 g/mol. The summed E-state index contributed by atoms with van der Waals surface area (Å²) in [6, 6.07) is 15.6. The largest absolute Gasteiger partial charge is 0.418 e. The maximum Gasteiger partial charge on any atom is 0.418 e. The molecule has 0 radical (unpaired) electrons. The molecule has 1 aliphatic heterocycles. The Labute approximate surface area is 225 Å². The lowest BCUT2D eigenvalue weighted by Crippen LogP contribution is -2.37. The first-order valence-electron chi connectivity index (χ1n) is 12.8. The number of nitrogens with one attached hydrogen (secondary N) is 1. The smallest absolute Gasteiger partial charge is 0.369 e. The maximum absolute atomic E-state index is 13.7. The number of fused-ring (bicyclic) bond motifs is 1. The fourth-order valence-corrected chi connectivity index (χ4v) is 5.22. The topological polar surface area (TPSA) is 53.9 Å². The Morgan fingerprint density at radius 2 is 1.89 bits per heavy atom. The molecule has 1 fully saturated rings. The van der Waals surface area contributed by atoms with Crippen molar-refractivity contribution in [2.75, 3.05) is 18.4 Å². The van der Waals surface area contributed by atoms with E-state index < -0.39 is 11.7 Å². The van der Waals surface area contributed by atoms with Crippen LogP contribution in [-0.4, -0.2) is 39.0 Å². The van der Waals surface area contributed by atoms with Crippen LogP contribution < -0.4 is 5.32 Å². The van der Waals surface area contributed by atoms with Gasteiger partial charge in [0.1, 0.15) is 11.6 Å². The van der Waals surface area contributed by atoms with Crippen molar-refractivity contribution < 1.29 is 13.2 Å². The number of hydrogen-bond acceptors (Lipinski definition) is 5. The van der Waals surface area contributed by atoms with Crippen molar-refractivity contribution in [3.63, 3.8) is 0 Å². The van der Waals surface area contributed by atoms with Crippen molar-refractivity contribution in [2.45, 2.75) is 51.4 Å². The van der Waals surface area contributed by atoms with Gasteiger partial charge >= 0.3 is 6.18 Å². The predicted octanol–water partition coefficient (Wildman–Crippen LogP) is 7.39. The molecule has 1 atom stereocenters. The molecule has 0 amide bonds. The summed E-state index contributed by atoms with van der Waals surface area (Å²) >= 11 is 6.32. The maximum atomic E-state index is 13.7. The van der Waals surface area contributed by atoms with Crippen LogP contribution in [0.15, 0.2) is 60.8 Å². The van der Waals surface area contributed by atoms with Crippen molar-refractivity contribution in [1.82, 2.24) is 19.9 Å². The zero-order chi connectivity index (χ0) is 26.7. The summed E-state index contributed by atoms with van der Waals surface area (Å²) in [5.74, 6) is 1.30. The molecular weight excluding hydrogens is 511 g/mol. The van der Waals surface area contributed by atoms with Gasteiger partial charge in [-0.15, -0.1) is 0 Å². The Balaban J connectivity index is 1.51. The Morgan fingerprint density at radius 3 is 2.68 bits per heavy atom. The molecule has 9 heteroatoms. The molecule has 4 aromatic rings. The van der Waals surface area contributed by atoms with Gasteiger partial charge in [-0.2, -0.15) is 13.2 Å². The number of likely N-dealkylation sites (tertiary alicyclic amines) is 1. The first kappa shape index (κ1) is 26.4. The normalized spacial score (nSPS) is 16.6. The van der Waals surface area contributed by atoms with Crippen LogP contribution in [0.3, 0.4) is 0 Å². The lowest BCUT2D eigenvalue weighted by molar-refractivity contribution is -0.137. The first-order chi connectivity index (χ1) is 18.3. The van der Waals surface area contributed by atoms with Crippen LogP contribution in [0.5, 0.6) is 0 Å². The molecule has 1 saturated heterocycles. The minimum absolute atomic E-state index is 0.111. The van der Waals surface area contributed by atoms with Crippen molar-refractivity contribution >= 4 is 28.3 Å². The molecule has 198 valence electrons. The van der Waals surface area contributed by atoms with E-state index in [4.69, 9.17) is 21.6 Å². The van der Waals surface area contributed by atoms with E-state index in [9.17, 15) is 13.2 Å². The highest BCUT2D eigenvalue weighted by atomic mass is 35.5. The number of nitrogens with zero attached hydrogens (tertiary/aromatic N) is 4. The van der Waals surface area contributed by atoms with Gasteiger partial charge in [0.25, 0.3) is 0 Å². The standard InChI is InChI=1S/C29H29ClF3N5/c1-19-7-4-5-16-38(19)18-26-36-25-17-21(27-23(29(31,32)33)9-6-14-34-27)11-12-22(25)28(37-26)35-15-13-20-8-2-3-10-24(20)30/h2-3,6,8-12,14,17,19H,4-5,7,13,15-16,18H2,1H3,(H,35,36,37). The number of pyridine rings is 1. The number of aromatic nitrogens is 3. The molecule has 5 rings (SSSR count). The SMILES string of the molecule is CC1CCCCN1Cc1nc(NCCc2ccccc2Cl)c2ccc(-c3ncccc3C(F)(F)F)cc2n1. The number of hydrogen-bond donors (Lipinski definition) is 1. The molecule has 0 bridgehead atoms. The van der Waals surface area contributed by atoms with E-state index in [-0.39, 0.29) is 5.69 Å². The fraction of sp³-hybridized carbons (Fsp3) is 0.345. The van der Waals surface area contributed by atoms with E-state index >= 15 is 0 Å². The predicted molar refractivity (Wildman–Crippen MR) is 145 cm³/mol. The molecule has 0 saturated carbocycles. The van der Waals surface area contributed by atoms with Crippen molar-refractivity contribution in [1.29, 1.82) is 0 Å². The second-order valence-corrected chi connectivity index (χ2v) is 10.1. The summed E-state index contributed by atoms with van der Waals surface area (Å²) in [6.45, 7) is 4.36.